The molecule has 134 valence electrons. The molecule has 1 atom stereocenters. The number of rotatable bonds is 5. The first-order valence-electron chi connectivity index (χ1n) is 8.37. The highest BCUT2D eigenvalue weighted by Crippen LogP contribution is 2.24. The molecule has 0 amide bonds. The monoisotopic (exact) mass is 352 g/mol. The van der Waals surface area contributed by atoms with Crippen LogP contribution in [-0.4, -0.2) is 12.1 Å². The predicted octanol–water partition coefficient (Wildman–Crippen LogP) is 3.92. The minimum Gasteiger partial charge on any atom is -0.479 e. The van der Waals surface area contributed by atoms with Gasteiger partial charge >= 0.3 is 11.6 Å². The van der Waals surface area contributed by atoms with Crippen molar-refractivity contribution < 1.29 is 18.7 Å². The molecule has 0 unspecified atom stereocenters. The number of carbonyl (C=O) groups is 1. The lowest BCUT2D eigenvalue weighted by molar-refractivity contribution is -0.152. The second kappa shape index (κ2) is 7.44. The normalized spacial score (nSPS) is 12.0. The summed E-state index contributed by atoms with van der Waals surface area (Å²) >= 11 is 0. The highest BCUT2D eigenvalue weighted by Gasteiger charge is 2.18. The Balaban J connectivity index is 1.76. The van der Waals surface area contributed by atoms with Gasteiger partial charge in [0.2, 0.25) is 0 Å². The van der Waals surface area contributed by atoms with Gasteiger partial charge in [0, 0.05) is 17.0 Å². The molecule has 0 saturated carbocycles. The van der Waals surface area contributed by atoms with E-state index in [0.29, 0.717) is 16.9 Å². The maximum atomic E-state index is 12.2. The smallest absolute Gasteiger partial charge is 0.347 e. The fraction of sp³-hybridized carbons (Fsp3) is 0.238. The molecule has 0 aliphatic carbocycles. The van der Waals surface area contributed by atoms with Gasteiger partial charge in [0.1, 0.15) is 17.9 Å². The van der Waals surface area contributed by atoms with E-state index < -0.39 is 17.7 Å². The van der Waals surface area contributed by atoms with Crippen molar-refractivity contribution in [2.75, 3.05) is 0 Å². The Labute approximate surface area is 151 Å². The molecule has 0 aliphatic rings. The van der Waals surface area contributed by atoms with Crippen molar-refractivity contribution in [3.05, 3.63) is 75.6 Å². The van der Waals surface area contributed by atoms with Crippen molar-refractivity contribution in [2.45, 2.75) is 33.5 Å². The summed E-state index contributed by atoms with van der Waals surface area (Å²) in [6.07, 6.45) is -0.757. The fourth-order valence-electron chi connectivity index (χ4n) is 2.66. The molecule has 0 radical (unpaired) electrons. The highest BCUT2D eigenvalue weighted by atomic mass is 16.6. The quantitative estimate of drug-likeness (QED) is 0.514. The van der Waals surface area contributed by atoms with E-state index >= 15 is 0 Å². The molecular weight excluding hydrogens is 332 g/mol. The third-order valence-corrected chi connectivity index (χ3v) is 4.28. The van der Waals surface area contributed by atoms with Gasteiger partial charge in [-0.3, -0.25) is 0 Å². The van der Waals surface area contributed by atoms with Crippen molar-refractivity contribution in [1.29, 1.82) is 0 Å². The summed E-state index contributed by atoms with van der Waals surface area (Å²) in [7, 11) is 0. The van der Waals surface area contributed by atoms with E-state index in [0.717, 1.165) is 16.5 Å². The van der Waals surface area contributed by atoms with Crippen LogP contribution in [0.1, 0.15) is 23.6 Å². The maximum Gasteiger partial charge on any atom is 0.347 e. The lowest BCUT2D eigenvalue weighted by Crippen LogP contribution is -2.26. The van der Waals surface area contributed by atoms with E-state index in [2.05, 4.69) is 0 Å². The van der Waals surface area contributed by atoms with Crippen LogP contribution in [0.15, 0.2) is 57.7 Å². The minimum absolute atomic E-state index is 0.0219. The van der Waals surface area contributed by atoms with Crippen molar-refractivity contribution in [2.24, 2.45) is 0 Å². The Bertz CT molecular complexity index is 988. The summed E-state index contributed by atoms with van der Waals surface area (Å²) in [5, 5.41) is 0.761. The lowest BCUT2D eigenvalue weighted by Gasteiger charge is -2.14. The number of esters is 1. The summed E-state index contributed by atoms with van der Waals surface area (Å²) < 4.78 is 16.2. The molecule has 0 bridgehead atoms. The van der Waals surface area contributed by atoms with Crippen LogP contribution in [0.3, 0.4) is 0 Å². The molecule has 0 saturated heterocycles. The van der Waals surface area contributed by atoms with Crippen LogP contribution in [0.25, 0.3) is 11.0 Å². The zero-order valence-electron chi connectivity index (χ0n) is 14.9. The molecule has 5 nitrogen and oxygen atoms in total. The van der Waals surface area contributed by atoms with Gasteiger partial charge in [-0.1, -0.05) is 30.3 Å². The molecule has 0 spiro atoms. The van der Waals surface area contributed by atoms with Crippen LogP contribution in [0.4, 0.5) is 0 Å². The molecular formula is C21H20O5. The van der Waals surface area contributed by atoms with Crippen molar-refractivity contribution in [1.82, 2.24) is 0 Å². The van der Waals surface area contributed by atoms with E-state index in [1.54, 1.807) is 19.1 Å². The number of hydrogen-bond donors (Lipinski definition) is 0. The molecule has 5 heteroatoms. The summed E-state index contributed by atoms with van der Waals surface area (Å²) in [5.74, 6) is 0.0907. The first kappa shape index (κ1) is 17.7. The van der Waals surface area contributed by atoms with Gasteiger partial charge in [-0.05, 0) is 44.0 Å². The average molecular weight is 352 g/mol. The zero-order valence-corrected chi connectivity index (χ0v) is 14.9. The summed E-state index contributed by atoms with van der Waals surface area (Å²) in [6.45, 7) is 5.45. The van der Waals surface area contributed by atoms with E-state index in [-0.39, 0.29) is 6.61 Å². The first-order valence-corrected chi connectivity index (χ1v) is 8.37. The van der Waals surface area contributed by atoms with Gasteiger partial charge in [-0.2, -0.15) is 0 Å². The van der Waals surface area contributed by atoms with Crippen molar-refractivity contribution in [3.63, 3.8) is 0 Å². The molecule has 0 aliphatic heterocycles. The Morgan fingerprint density at radius 3 is 2.58 bits per heavy atom. The largest absolute Gasteiger partial charge is 0.479 e. The number of fused-ring (bicyclic) bond motifs is 1. The van der Waals surface area contributed by atoms with E-state index in [1.807, 2.05) is 44.2 Å². The third-order valence-electron chi connectivity index (χ3n) is 4.28. The Hall–Kier alpha value is -3.08. The van der Waals surface area contributed by atoms with Crippen LogP contribution in [0.5, 0.6) is 5.75 Å². The molecule has 3 aromatic rings. The number of benzene rings is 2. The van der Waals surface area contributed by atoms with Gasteiger partial charge in [0.05, 0.1) is 0 Å². The molecule has 3 rings (SSSR count). The number of aryl methyl sites for hydroxylation is 2. The first-order chi connectivity index (χ1) is 12.5. The van der Waals surface area contributed by atoms with Crippen molar-refractivity contribution in [3.8, 4) is 5.75 Å². The minimum atomic E-state index is -0.757. The van der Waals surface area contributed by atoms with Gasteiger partial charge in [-0.15, -0.1) is 0 Å². The van der Waals surface area contributed by atoms with E-state index in [1.165, 1.54) is 6.07 Å². The summed E-state index contributed by atoms with van der Waals surface area (Å²) in [6, 6.07) is 14.2. The van der Waals surface area contributed by atoms with Crippen LogP contribution in [0.2, 0.25) is 0 Å². The van der Waals surface area contributed by atoms with Crippen LogP contribution >= 0.6 is 0 Å². The SMILES string of the molecule is Cc1ccc2c(COC(=O)[C@H](C)Oc3ccccc3)cc(=O)oc2c1C. The molecule has 26 heavy (non-hydrogen) atoms. The Kier molecular flexibility index (Phi) is 5.07. The third kappa shape index (κ3) is 3.77. The van der Waals surface area contributed by atoms with Crippen LogP contribution < -0.4 is 10.4 Å². The van der Waals surface area contributed by atoms with Gasteiger partial charge in [0.15, 0.2) is 6.10 Å². The van der Waals surface area contributed by atoms with Crippen molar-refractivity contribution >= 4 is 16.9 Å². The number of para-hydroxylation sites is 1. The number of carbonyl (C=O) groups excluding carboxylic acids is 1. The topological polar surface area (TPSA) is 65.7 Å². The van der Waals surface area contributed by atoms with Crippen LogP contribution in [-0.2, 0) is 16.1 Å². The number of ether oxygens (including phenoxy) is 2. The second-order valence-electron chi connectivity index (χ2n) is 6.16. The predicted molar refractivity (Wildman–Crippen MR) is 98.3 cm³/mol. The maximum absolute atomic E-state index is 12.2. The zero-order chi connectivity index (χ0) is 18.7. The summed E-state index contributed by atoms with van der Waals surface area (Å²) in [4.78, 5) is 24.1. The highest BCUT2D eigenvalue weighted by molar-refractivity contribution is 5.84. The Morgan fingerprint density at radius 1 is 1.12 bits per heavy atom. The fourth-order valence-corrected chi connectivity index (χ4v) is 2.66. The van der Waals surface area contributed by atoms with Crippen LogP contribution in [0, 0.1) is 13.8 Å². The standard InChI is InChI=1S/C21H20O5/c1-13-9-10-18-16(11-19(22)26-20(18)14(13)2)12-24-21(23)15(3)25-17-7-5-4-6-8-17/h4-11,15H,12H2,1-3H3/t15-/m0/s1. The lowest BCUT2D eigenvalue weighted by atomic mass is 10.0. The van der Waals surface area contributed by atoms with E-state index in [9.17, 15) is 9.59 Å². The Morgan fingerprint density at radius 2 is 1.85 bits per heavy atom. The average Bonchev–Trinajstić information content (AvgIpc) is 2.63. The molecule has 0 N–H and O–H groups in total. The number of hydrogen-bond acceptors (Lipinski definition) is 5. The van der Waals surface area contributed by atoms with Gasteiger partial charge < -0.3 is 13.9 Å². The van der Waals surface area contributed by atoms with Gasteiger partial charge in [-0.25, -0.2) is 9.59 Å². The molecule has 1 heterocycles. The second-order valence-corrected chi connectivity index (χ2v) is 6.16. The van der Waals surface area contributed by atoms with E-state index in [4.69, 9.17) is 13.9 Å². The van der Waals surface area contributed by atoms with Gasteiger partial charge in [0.25, 0.3) is 0 Å². The molecule has 1 aromatic heterocycles. The molecule has 0 fully saturated rings. The molecule has 2 aromatic carbocycles. The summed E-state index contributed by atoms with van der Waals surface area (Å²) in [5.41, 5.74) is 2.59.